The van der Waals surface area contributed by atoms with Crippen LogP contribution in [-0.2, 0) is 6.18 Å². The summed E-state index contributed by atoms with van der Waals surface area (Å²) in [6.07, 6.45) is -4.51. The average molecular weight is 393 g/mol. The van der Waals surface area contributed by atoms with Crippen LogP contribution in [0.3, 0.4) is 0 Å². The van der Waals surface area contributed by atoms with Crippen molar-refractivity contribution in [2.24, 2.45) is 0 Å². The summed E-state index contributed by atoms with van der Waals surface area (Å²) < 4.78 is 39.5. The fourth-order valence-electron chi connectivity index (χ4n) is 3.69. The lowest BCUT2D eigenvalue weighted by molar-refractivity contribution is -0.137. The molecule has 0 aliphatic rings. The van der Waals surface area contributed by atoms with Crippen LogP contribution >= 0.6 is 0 Å². The molecule has 1 heterocycles. The summed E-state index contributed by atoms with van der Waals surface area (Å²) in [7, 11) is 0. The summed E-state index contributed by atoms with van der Waals surface area (Å²) in [5, 5.41) is 0.712. The molecule has 0 aliphatic heterocycles. The summed E-state index contributed by atoms with van der Waals surface area (Å²) >= 11 is 0. The van der Waals surface area contributed by atoms with Crippen LogP contribution in [0.4, 0.5) is 13.2 Å². The molecule has 0 radical (unpaired) electrons. The van der Waals surface area contributed by atoms with E-state index in [0.717, 1.165) is 34.3 Å². The first kappa shape index (κ1) is 19.0. The maximum Gasteiger partial charge on any atom is 0.416 e. The van der Waals surface area contributed by atoms with Gasteiger partial charge in [0.05, 0.1) is 16.8 Å². The number of nitrogens with one attached hydrogen (secondary N) is 1. The molecule has 1 N–H and O–H groups in total. The van der Waals surface area contributed by atoms with Crippen LogP contribution in [0.2, 0.25) is 0 Å². The molecular formula is C24H18F3NO. The quantitative estimate of drug-likeness (QED) is 0.386. The Bertz CT molecular complexity index is 1220. The normalized spacial score (nSPS) is 11.8. The third kappa shape index (κ3) is 3.44. The second-order valence-electron chi connectivity index (χ2n) is 7.15. The van der Waals surface area contributed by atoms with Crippen molar-refractivity contribution in [2.45, 2.75) is 20.0 Å². The molecule has 0 spiro atoms. The summed E-state index contributed by atoms with van der Waals surface area (Å²) in [5.74, 6) is -0.439. The van der Waals surface area contributed by atoms with Gasteiger partial charge in [-0.1, -0.05) is 54.1 Å². The van der Waals surface area contributed by atoms with Gasteiger partial charge in [-0.2, -0.15) is 13.2 Å². The fourth-order valence-corrected chi connectivity index (χ4v) is 3.69. The SMILES string of the molecule is Cc1cc(C)c2[nH]c(-c3ccccc3)c(C(=O)c3cccc(C(F)(F)F)c3)c2c1. The number of ketones is 1. The van der Waals surface area contributed by atoms with Crippen molar-refractivity contribution < 1.29 is 18.0 Å². The molecule has 0 fully saturated rings. The third-order valence-electron chi connectivity index (χ3n) is 4.99. The zero-order chi connectivity index (χ0) is 20.8. The van der Waals surface area contributed by atoms with Crippen LogP contribution in [0.15, 0.2) is 66.7 Å². The van der Waals surface area contributed by atoms with Crippen molar-refractivity contribution in [3.63, 3.8) is 0 Å². The number of H-pyrrole nitrogens is 1. The number of hydrogen-bond acceptors (Lipinski definition) is 1. The van der Waals surface area contributed by atoms with E-state index in [2.05, 4.69) is 4.98 Å². The van der Waals surface area contributed by atoms with Gasteiger partial charge in [0, 0.05) is 16.5 Å². The van der Waals surface area contributed by atoms with E-state index in [4.69, 9.17) is 0 Å². The molecule has 0 amide bonds. The Morgan fingerprint density at radius 1 is 0.897 bits per heavy atom. The summed E-state index contributed by atoms with van der Waals surface area (Å²) in [5.41, 5.74) is 3.73. The third-order valence-corrected chi connectivity index (χ3v) is 4.99. The number of carbonyl (C=O) groups is 1. The van der Waals surface area contributed by atoms with Crippen molar-refractivity contribution in [1.82, 2.24) is 4.98 Å². The number of rotatable bonds is 3. The molecule has 1 aromatic heterocycles. The molecule has 3 aromatic carbocycles. The van der Waals surface area contributed by atoms with E-state index in [-0.39, 0.29) is 5.56 Å². The first-order valence-electron chi connectivity index (χ1n) is 9.16. The maximum absolute atomic E-state index is 13.4. The predicted octanol–water partition coefficient (Wildman–Crippen LogP) is 6.70. The van der Waals surface area contributed by atoms with Crippen molar-refractivity contribution in [2.75, 3.05) is 0 Å². The van der Waals surface area contributed by atoms with E-state index in [9.17, 15) is 18.0 Å². The van der Waals surface area contributed by atoms with Crippen LogP contribution < -0.4 is 0 Å². The highest BCUT2D eigenvalue weighted by Crippen LogP contribution is 2.35. The zero-order valence-corrected chi connectivity index (χ0v) is 15.9. The number of aromatic nitrogens is 1. The Morgan fingerprint density at radius 3 is 2.31 bits per heavy atom. The summed E-state index contributed by atoms with van der Waals surface area (Å²) in [4.78, 5) is 16.8. The van der Waals surface area contributed by atoms with Gasteiger partial charge in [-0.3, -0.25) is 4.79 Å². The number of fused-ring (bicyclic) bond motifs is 1. The fraction of sp³-hybridized carbons (Fsp3) is 0.125. The molecule has 0 unspecified atom stereocenters. The van der Waals surface area contributed by atoms with Gasteiger partial charge >= 0.3 is 6.18 Å². The van der Waals surface area contributed by atoms with Gasteiger partial charge in [0.1, 0.15) is 0 Å². The van der Waals surface area contributed by atoms with E-state index < -0.39 is 17.5 Å². The minimum Gasteiger partial charge on any atom is -0.354 e. The number of carbonyl (C=O) groups excluding carboxylic acids is 1. The van der Waals surface area contributed by atoms with Crippen molar-refractivity contribution in [3.05, 3.63) is 94.5 Å². The number of halogens is 3. The lowest BCUT2D eigenvalue weighted by atomic mass is 9.95. The summed E-state index contributed by atoms with van der Waals surface area (Å²) in [6, 6.07) is 17.8. The monoisotopic (exact) mass is 393 g/mol. The molecule has 4 aromatic rings. The van der Waals surface area contributed by atoms with E-state index in [1.807, 2.05) is 56.3 Å². The molecule has 4 rings (SSSR count). The Balaban J connectivity index is 1.98. The molecule has 0 saturated heterocycles. The molecule has 0 aliphatic carbocycles. The van der Waals surface area contributed by atoms with Crippen molar-refractivity contribution >= 4 is 16.7 Å². The average Bonchev–Trinajstić information content (AvgIpc) is 3.07. The molecule has 0 atom stereocenters. The Kier molecular flexibility index (Phi) is 4.53. The number of alkyl halides is 3. The van der Waals surface area contributed by atoms with E-state index in [1.165, 1.54) is 12.1 Å². The zero-order valence-electron chi connectivity index (χ0n) is 15.9. The molecule has 29 heavy (non-hydrogen) atoms. The van der Waals surface area contributed by atoms with E-state index >= 15 is 0 Å². The molecule has 2 nitrogen and oxygen atoms in total. The van der Waals surface area contributed by atoms with Gasteiger partial charge in [-0.25, -0.2) is 0 Å². The van der Waals surface area contributed by atoms with Gasteiger partial charge in [0.15, 0.2) is 5.78 Å². The second kappa shape index (κ2) is 6.92. The van der Waals surface area contributed by atoms with E-state index in [0.29, 0.717) is 16.6 Å². The summed E-state index contributed by atoms with van der Waals surface area (Å²) in [6.45, 7) is 3.87. The smallest absolute Gasteiger partial charge is 0.354 e. The first-order chi connectivity index (χ1) is 13.8. The van der Waals surface area contributed by atoms with Gasteiger partial charge in [-0.15, -0.1) is 0 Å². The van der Waals surface area contributed by atoms with Crippen molar-refractivity contribution in [3.8, 4) is 11.3 Å². The van der Waals surface area contributed by atoms with Gasteiger partial charge < -0.3 is 4.98 Å². The number of aryl methyl sites for hydroxylation is 2. The molecule has 0 bridgehead atoms. The Hall–Kier alpha value is -3.34. The highest BCUT2D eigenvalue weighted by atomic mass is 19.4. The maximum atomic E-state index is 13.4. The van der Waals surface area contributed by atoms with Gasteiger partial charge in [0.25, 0.3) is 0 Å². The standard InChI is InChI=1S/C24H18F3NO/c1-14-11-15(2)21-19(12-14)20(22(28-21)16-7-4-3-5-8-16)23(29)17-9-6-10-18(13-17)24(25,26)27/h3-13,28H,1-2H3. The minimum absolute atomic E-state index is 0.0112. The molecular weight excluding hydrogens is 375 g/mol. The Labute approximate surface area is 166 Å². The number of aromatic amines is 1. The van der Waals surface area contributed by atoms with Crippen LogP contribution in [0, 0.1) is 13.8 Å². The van der Waals surface area contributed by atoms with Gasteiger partial charge in [0.2, 0.25) is 0 Å². The molecule has 5 heteroatoms. The lowest BCUT2D eigenvalue weighted by Gasteiger charge is -2.09. The first-order valence-corrected chi connectivity index (χ1v) is 9.16. The van der Waals surface area contributed by atoms with Crippen LogP contribution in [0.5, 0.6) is 0 Å². The van der Waals surface area contributed by atoms with Crippen LogP contribution in [0.1, 0.15) is 32.6 Å². The van der Waals surface area contributed by atoms with E-state index in [1.54, 1.807) is 0 Å². The van der Waals surface area contributed by atoms with Gasteiger partial charge in [-0.05, 0) is 43.2 Å². The predicted molar refractivity (Wildman–Crippen MR) is 108 cm³/mol. The highest BCUT2D eigenvalue weighted by molar-refractivity contribution is 6.20. The molecule has 0 saturated carbocycles. The second-order valence-corrected chi connectivity index (χ2v) is 7.15. The Morgan fingerprint density at radius 2 is 1.62 bits per heavy atom. The van der Waals surface area contributed by atoms with Crippen LogP contribution in [-0.4, -0.2) is 10.8 Å². The number of benzene rings is 3. The topological polar surface area (TPSA) is 32.9 Å². The van der Waals surface area contributed by atoms with Crippen molar-refractivity contribution in [1.29, 1.82) is 0 Å². The minimum atomic E-state index is -4.51. The largest absolute Gasteiger partial charge is 0.416 e. The number of hydrogen-bond donors (Lipinski definition) is 1. The highest BCUT2D eigenvalue weighted by Gasteiger charge is 2.31. The molecule has 146 valence electrons. The lowest BCUT2D eigenvalue weighted by Crippen LogP contribution is -2.08. The van der Waals surface area contributed by atoms with Crippen LogP contribution in [0.25, 0.3) is 22.2 Å².